The molecule has 0 spiro atoms. The van der Waals surface area contributed by atoms with Crippen LogP contribution in [0.5, 0.6) is 0 Å². The van der Waals surface area contributed by atoms with Gasteiger partial charge in [0, 0.05) is 36.1 Å². The molecule has 0 saturated heterocycles. The van der Waals surface area contributed by atoms with Crippen LogP contribution in [0, 0.1) is 6.92 Å². The van der Waals surface area contributed by atoms with Crippen LogP contribution < -0.4 is 5.32 Å². The number of hydrogen-bond acceptors (Lipinski definition) is 1. The fourth-order valence-electron chi connectivity index (χ4n) is 3.68. The van der Waals surface area contributed by atoms with Gasteiger partial charge in [0.15, 0.2) is 0 Å². The maximum absolute atomic E-state index is 12.4. The summed E-state index contributed by atoms with van der Waals surface area (Å²) in [4.78, 5) is 12.4. The minimum absolute atomic E-state index is 0.107. The summed E-state index contributed by atoms with van der Waals surface area (Å²) in [6, 6.07) is 16.7. The summed E-state index contributed by atoms with van der Waals surface area (Å²) < 4.78 is 2.19. The first-order valence-electron chi connectivity index (χ1n) is 8.94. The van der Waals surface area contributed by atoms with Gasteiger partial charge in [-0.25, -0.2) is 0 Å². The zero-order valence-electron chi connectivity index (χ0n) is 14.9. The number of rotatable bonds is 5. The molecule has 3 nitrogen and oxygen atoms in total. The number of aryl methyl sites for hydroxylation is 2. The summed E-state index contributed by atoms with van der Waals surface area (Å²) >= 11 is 0. The molecule has 1 fully saturated rings. The molecule has 1 amide bonds. The second-order valence-electron chi connectivity index (χ2n) is 7.39. The third kappa shape index (κ3) is 3.07. The van der Waals surface area contributed by atoms with Crippen LogP contribution in [0.25, 0.3) is 10.9 Å². The molecule has 0 unspecified atom stereocenters. The van der Waals surface area contributed by atoms with Gasteiger partial charge in [-0.2, -0.15) is 0 Å². The summed E-state index contributed by atoms with van der Waals surface area (Å²) in [5.41, 5.74) is 5.04. The molecule has 1 heterocycles. The SMILES string of the molecule is Cc1ccc(CC(=O)NCC2(c3cn(C)c4ccccc34)CC2)cc1. The van der Waals surface area contributed by atoms with Crippen molar-refractivity contribution < 1.29 is 4.79 Å². The Morgan fingerprint density at radius 3 is 2.56 bits per heavy atom. The van der Waals surface area contributed by atoms with Crippen molar-refractivity contribution in [2.75, 3.05) is 6.54 Å². The van der Waals surface area contributed by atoms with Gasteiger partial charge in [-0.3, -0.25) is 4.79 Å². The molecule has 0 bridgehead atoms. The van der Waals surface area contributed by atoms with Gasteiger partial charge in [-0.05, 0) is 37.0 Å². The number of carbonyl (C=O) groups is 1. The number of nitrogens with one attached hydrogen (secondary N) is 1. The van der Waals surface area contributed by atoms with Crippen LogP contribution in [-0.4, -0.2) is 17.0 Å². The number of fused-ring (bicyclic) bond motifs is 1. The van der Waals surface area contributed by atoms with Crippen molar-refractivity contribution in [2.45, 2.75) is 31.6 Å². The molecular formula is C22H24N2O. The van der Waals surface area contributed by atoms with Crippen LogP contribution in [0.15, 0.2) is 54.7 Å². The van der Waals surface area contributed by atoms with E-state index in [1.165, 1.54) is 22.0 Å². The quantitative estimate of drug-likeness (QED) is 0.756. The van der Waals surface area contributed by atoms with Gasteiger partial charge in [0.25, 0.3) is 0 Å². The Labute approximate surface area is 148 Å². The molecule has 0 aliphatic heterocycles. The highest BCUT2D eigenvalue weighted by molar-refractivity contribution is 5.86. The van der Waals surface area contributed by atoms with Gasteiger partial charge in [0.2, 0.25) is 5.91 Å². The molecule has 1 aromatic heterocycles. The van der Waals surface area contributed by atoms with Gasteiger partial charge < -0.3 is 9.88 Å². The number of carbonyl (C=O) groups excluding carboxylic acids is 1. The predicted molar refractivity (Wildman–Crippen MR) is 102 cm³/mol. The lowest BCUT2D eigenvalue weighted by Gasteiger charge is -2.16. The van der Waals surface area contributed by atoms with Crippen molar-refractivity contribution in [3.63, 3.8) is 0 Å². The van der Waals surface area contributed by atoms with Crippen LogP contribution in [0.1, 0.15) is 29.5 Å². The fourth-order valence-corrected chi connectivity index (χ4v) is 3.68. The zero-order valence-corrected chi connectivity index (χ0v) is 14.9. The van der Waals surface area contributed by atoms with Gasteiger partial charge >= 0.3 is 0 Å². The van der Waals surface area contributed by atoms with Gasteiger partial charge in [0.1, 0.15) is 0 Å². The normalized spacial score (nSPS) is 15.3. The van der Waals surface area contributed by atoms with E-state index in [0.717, 1.165) is 24.9 Å². The summed E-state index contributed by atoms with van der Waals surface area (Å²) in [7, 11) is 2.10. The minimum Gasteiger partial charge on any atom is -0.355 e. The first-order chi connectivity index (χ1) is 12.1. The molecule has 0 radical (unpaired) electrons. The first kappa shape index (κ1) is 15.9. The molecule has 3 aromatic rings. The smallest absolute Gasteiger partial charge is 0.224 e. The number of hydrogen-bond donors (Lipinski definition) is 1. The highest BCUT2D eigenvalue weighted by atomic mass is 16.1. The molecule has 1 saturated carbocycles. The Bertz CT molecular complexity index is 917. The molecule has 25 heavy (non-hydrogen) atoms. The molecular weight excluding hydrogens is 308 g/mol. The first-order valence-corrected chi connectivity index (χ1v) is 8.94. The molecule has 128 valence electrons. The topological polar surface area (TPSA) is 34.0 Å². The van der Waals surface area contributed by atoms with E-state index in [4.69, 9.17) is 0 Å². The Morgan fingerprint density at radius 1 is 1.12 bits per heavy atom. The molecule has 2 aromatic carbocycles. The second-order valence-corrected chi connectivity index (χ2v) is 7.39. The number of nitrogens with zero attached hydrogens (tertiary/aromatic N) is 1. The Morgan fingerprint density at radius 2 is 1.84 bits per heavy atom. The van der Waals surface area contributed by atoms with E-state index >= 15 is 0 Å². The second kappa shape index (κ2) is 6.07. The van der Waals surface area contributed by atoms with Crippen LogP contribution >= 0.6 is 0 Å². The number of aromatic nitrogens is 1. The lowest BCUT2D eigenvalue weighted by atomic mass is 9.95. The molecule has 3 heteroatoms. The monoisotopic (exact) mass is 332 g/mol. The molecule has 1 aliphatic rings. The van der Waals surface area contributed by atoms with Crippen molar-refractivity contribution in [2.24, 2.45) is 7.05 Å². The highest BCUT2D eigenvalue weighted by Gasteiger charge is 2.46. The average Bonchev–Trinajstić information content (AvgIpc) is 3.33. The lowest BCUT2D eigenvalue weighted by molar-refractivity contribution is -0.120. The van der Waals surface area contributed by atoms with E-state index in [0.29, 0.717) is 6.42 Å². The lowest BCUT2D eigenvalue weighted by Crippen LogP contribution is -2.33. The van der Waals surface area contributed by atoms with E-state index in [2.05, 4.69) is 66.5 Å². The van der Waals surface area contributed by atoms with Gasteiger partial charge in [-0.15, -0.1) is 0 Å². The predicted octanol–water partition coefficient (Wildman–Crippen LogP) is 3.88. The highest BCUT2D eigenvalue weighted by Crippen LogP contribution is 2.50. The zero-order chi connectivity index (χ0) is 17.4. The van der Waals surface area contributed by atoms with E-state index in [1.807, 2.05) is 12.1 Å². The largest absolute Gasteiger partial charge is 0.355 e. The van der Waals surface area contributed by atoms with Crippen LogP contribution in [0.2, 0.25) is 0 Å². The molecule has 1 aliphatic carbocycles. The van der Waals surface area contributed by atoms with Crippen LogP contribution in [0.4, 0.5) is 0 Å². The fraction of sp³-hybridized carbons (Fsp3) is 0.318. The van der Waals surface area contributed by atoms with E-state index < -0.39 is 0 Å². The summed E-state index contributed by atoms with van der Waals surface area (Å²) in [6.45, 7) is 2.79. The standard InChI is InChI=1S/C22H24N2O/c1-16-7-9-17(10-8-16)13-21(25)23-15-22(11-12-22)19-14-24(2)20-6-4-3-5-18(19)20/h3-10,14H,11-13,15H2,1-2H3,(H,23,25). The third-order valence-electron chi connectivity index (χ3n) is 5.43. The Hall–Kier alpha value is -2.55. The molecule has 1 N–H and O–H groups in total. The third-order valence-corrected chi connectivity index (χ3v) is 5.43. The van der Waals surface area contributed by atoms with Crippen molar-refractivity contribution in [1.29, 1.82) is 0 Å². The molecule has 4 rings (SSSR count). The van der Waals surface area contributed by atoms with Crippen molar-refractivity contribution in [1.82, 2.24) is 9.88 Å². The van der Waals surface area contributed by atoms with Crippen molar-refractivity contribution >= 4 is 16.8 Å². The summed E-state index contributed by atoms with van der Waals surface area (Å²) in [5.74, 6) is 0.107. The van der Waals surface area contributed by atoms with E-state index in [9.17, 15) is 4.79 Å². The minimum atomic E-state index is 0.107. The molecule has 0 atom stereocenters. The number of benzene rings is 2. The van der Waals surface area contributed by atoms with Crippen LogP contribution in [-0.2, 0) is 23.7 Å². The van der Waals surface area contributed by atoms with Gasteiger partial charge in [-0.1, -0.05) is 48.0 Å². The summed E-state index contributed by atoms with van der Waals surface area (Å²) in [6.07, 6.45) is 4.98. The van der Waals surface area contributed by atoms with Crippen LogP contribution in [0.3, 0.4) is 0 Å². The Balaban J connectivity index is 1.47. The van der Waals surface area contributed by atoms with Gasteiger partial charge in [0.05, 0.1) is 6.42 Å². The summed E-state index contributed by atoms with van der Waals surface area (Å²) in [5, 5.41) is 4.49. The number of amides is 1. The maximum atomic E-state index is 12.4. The average molecular weight is 332 g/mol. The maximum Gasteiger partial charge on any atom is 0.224 e. The van der Waals surface area contributed by atoms with Crippen molar-refractivity contribution in [3.05, 3.63) is 71.4 Å². The van der Waals surface area contributed by atoms with E-state index in [1.54, 1.807) is 0 Å². The van der Waals surface area contributed by atoms with E-state index in [-0.39, 0.29) is 11.3 Å². The Kier molecular flexibility index (Phi) is 3.87. The van der Waals surface area contributed by atoms with Crippen molar-refractivity contribution in [3.8, 4) is 0 Å². The number of para-hydroxylation sites is 1.